The molecule has 0 aliphatic carbocycles. The number of aliphatic hydroxyl groups excluding tert-OH is 1. The highest BCUT2D eigenvalue weighted by Gasteiger charge is 2.10. The Morgan fingerprint density at radius 1 is 1.12 bits per heavy atom. The normalized spacial score (nSPS) is 12.6. The summed E-state index contributed by atoms with van der Waals surface area (Å²) in [7, 11) is 0. The van der Waals surface area contributed by atoms with Gasteiger partial charge in [0.1, 0.15) is 0 Å². The zero-order valence-electron chi connectivity index (χ0n) is 13.9. The Hall–Kier alpha value is -1.81. The first-order valence-electron chi connectivity index (χ1n) is 8.36. The Bertz CT molecular complexity index is 791. The summed E-state index contributed by atoms with van der Waals surface area (Å²) in [6, 6.07) is 16.6. The van der Waals surface area contributed by atoms with Crippen LogP contribution in [0.25, 0.3) is 10.9 Å². The van der Waals surface area contributed by atoms with Crippen LogP contribution < -0.4 is 5.32 Å². The number of para-hydroxylation sites is 1. The van der Waals surface area contributed by atoms with Gasteiger partial charge < -0.3 is 15.0 Å². The summed E-state index contributed by atoms with van der Waals surface area (Å²) < 4.78 is 2.27. The quantitative estimate of drug-likeness (QED) is 0.675. The number of hydrogen-bond acceptors (Lipinski definition) is 2. The molecule has 126 valence electrons. The molecule has 4 heteroatoms. The SMILES string of the molecule is CC[C@H](CO)NCc1cn(Cc2ccc(Cl)cc2)c2ccccc12. The second kappa shape index (κ2) is 7.84. The van der Waals surface area contributed by atoms with Gasteiger partial charge in [-0.3, -0.25) is 0 Å². The van der Waals surface area contributed by atoms with Gasteiger partial charge in [-0.05, 0) is 35.7 Å². The van der Waals surface area contributed by atoms with Gasteiger partial charge in [0, 0.05) is 41.3 Å². The van der Waals surface area contributed by atoms with E-state index in [1.165, 1.54) is 22.0 Å². The van der Waals surface area contributed by atoms with E-state index in [9.17, 15) is 5.11 Å². The third kappa shape index (κ3) is 3.81. The number of halogens is 1. The standard InChI is InChI=1S/C20H23ClN2O/c1-2-18(14-24)22-11-16-13-23(20-6-4-3-5-19(16)20)12-15-7-9-17(21)10-8-15/h3-10,13,18,22,24H,2,11-12,14H2,1H3/t18-/m1/s1. The molecule has 0 saturated heterocycles. The smallest absolute Gasteiger partial charge is 0.0584 e. The molecule has 1 atom stereocenters. The van der Waals surface area contributed by atoms with Crippen molar-refractivity contribution in [2.75, 3.05) is 6.61 Å². The lowest BCUT2D eigenvalue weighted by Gasteiger charge is -2.13. The Balaban J connectivity index is 1.87. The molecule has 0 saturated carbocycles. The number of rotatable bonds is 7. The van der Waals surface area contributed by atoms with Crippen molar-refractivity contribution in [2.45, 2.75) is 32.5 Å². The highest BCUT2D eigenvalue weighted by molar-refractivity contribution is 6.30. The average Bonchev–Trinajstić information content (AvgIpc) is 2.96. The van der Waals surface area contributed by atoms with Crippen molar-refractivity contribution in [3.63, 3.8) is 0 Å². The van der Waals surface area contributed by atoms with Crippen molar-refractivity contribution in [3.05, 3.63) is 70.9 Å². The molecule has 2 aromatic carbocycles. The zero-order chi connectivity index (χ0) is 16.9. The molecule has 2 N–H and O–H groups in total. The first-order valence-corrected chi connectivity index (χ1v) is 8.74. The van der Waals surface area contributed by atoms with Crippen molar-refractivity contribution < 1.29 is 5.11 Å². The van der Waals surface area contributed by atoms with Crippen molar-refractivity contribution in [1.82, 2.24) is 9.88 Å². The van der Waals surface area contributed by atoms with E-state index in [1.807, 2.05) is 12.1 Å². The number of aromatic nitrogens is 1. The molecule has 0 radical (unpaired) electrons. The van der Waals surface area contributed by atoms with Gasteiger partial charge >= 0.3 is 0 Å². The monoisotopic (exact) mass is 342 g/mol. The highest BCUT2D eigenvalue weighted by Crippen LogP contribution is 2.23. The van der Waals surface area contributed by atoms with Crippen LogP contribution in [0.4, 0.5) is 0 Å². The predicted octanol–water partition coefficient (Wildman–Crippen LogP) is 4.20. The molecule has 0 fully saturated rings. The summed E-state index contributed by atoms with van der Waals surface area (Å²) in [5.74, 6) is 0. The van der Waals surface area contributed by atoms with Crippen molar-refractivity contribution in [3.8, 4) is 0 Å². The van der Waals surface area contributed by atoms with Crippen LogP contribution in [0.5, 0.6) is 0 Å². The van der Waals surface area contributed by atoms with Gasteiger partial charge in [0.15, 0.2) is 0 Å². The predicted molar refractivity (Wildman–Crippen MR) is 100 cm³/mol. The summed E-state index contributed by atoms with van der Waals surface area (Å²) in [5.41, 5.74) is 3.70. The maximum Gasteiger partial charge on any atom is 0.0584 e. The number of fused-ring (bicyclic) bond motifs is 1. The average molecular weight is 343 g/mol. The van der Waals surface area contributed by atoms with E-state index in [4.69, 9.17) is 11.6 Å². The van der Waals surface area contributed by atoms with E-state index in [1.54, 1.807) is 0 Å². The lowest BCUT2D eigenvalue weighted by molar-refractivity contribution is 0.238. The molecule has 3 nitrogen and oxygen atoms in total. The molecule has 0 aliphatic heterocycles. The molecule has 0 amide bonds. The van der Waals surface area contributed by atoms with Crippen LogP contribution in [0.1, 0.15) is 24.5 Å². The van der Waals surface area contributed by atoms with E-state index >= 15 is 0 Å². The summed E-state index contributed by atoms with van der Waals surface area (Å²) >= 11 is 5.98. The maximum absolute atomic E-state index is 9.36. The molecule has 0 unspecified atom stereocenters. The number of aliphatic hydroxyl groups is 1. The van der Waals surface area contributed by atoms with Crippen LogP contribution in [-0.4, -0.2) is 22.3 Å². The minimum Gasteiger partial charge on any atom is -0.395 e. The Morgan fingerprint density at radius 3 is 2.58 bits per heavy atom. The lowest BCUT2D eigenvalue weighted by Crippen LogP contribution is -2.31. The molecule has 1 heterocycles. The highest BCUT2D eigenvalue weighted by atomic mass is 35.5. The van der Waals surface area contributed by atoms with Gasteiger partial charge in [-0.2, -0.15) is 0 Å². The van der Waals surface area contributed by atoms with Gasteiger partial charge in [0.25, 0.3) is 0 Å². The van der Waals surface area contributed by atoms with Crippen LogP contribution >= 0.6 is 11.6 Å². The molecule has 24 heavy (non-hydrogen) atoms. The molecule has 3 rings (SSSR count). The number of nitrogens with zero attached hydrogens (tertiary/aromatic N) is 1. The summed E-state index contributed by atoms with van der Waals surface area (Å²) in [6.45, 7) is 3.82. The third-order valence-corrected chi connectivity index (χ3v) is 4.68. The lowest BCUT2D eigenvalue weighted by atomic mass is 10.1. The maximum atomic E-state index is 9.36. The molecule has 3 aromatic rings. The van der Waals surface area contributed by atoms with Crippen molar-refractivity contribution in [2.24, 2.45) is 0 Å². The second-order valence-electron chi connectivity index (χ2n) is 6.09. The molecule has 0 aliphatic rings. The largest absolute Gasteiger partial charge is 0.395 e. The van der Waals surface area contributed by atoms with Crippen LogP contribution in [-0.2, 0) is 13.1 Å². The minimum atomic E-state index is 0.142. The minimum absolute atomic E-state index is 0.142. The molecule has 0 spiro atoms. The fourth-order valence-electron chi connectivity index (χ4n) is 2.97. The van der Waals surface area contributed by atoms with E-state index in [0.717, 1.165) is 24.5 Å². The zero-order valence-corrected chi connectivity index (χ0v) is 14.6. The van der Waals surface area contributed by atoms with E-state index < -0.39 is 0 Å². The third-order valence-electron chi connectivity index (χ3n) is 4.43. The summed E-state index contributed by atoms with van der Waals surface area (Å²) in [4.78, 5) is 0. The molecular formula is C20H23ClN2O. The summed E-state index contributed by atoms with van der Waals surface area (Å²) in [5, 5.41) is 14.8. The van der Waals surface area contributed by atoms with Crippen LogP contribution in [0, 0.1) is 0 Å². The van der Waals surface area contributed by atoms with Crippen molar-refractivity contribution in [1.29, 1.82) is 0 Å². The first-order chi connectivity index (χ1) is 11.7. The molecule has 0 bridgehead atoms. The number of nitrogens with one attached hydrogen (secondary N) is 1. The fourth-order valence-corrected chi connectivity index (χ4v) is 3.10. The van der Waals surface area contributed by atoms with Gasteiger partial charge in [0.05, 0.1) is 6.61 Å². The summed E-state index contributed by atoms with van der Waals surface area (Å²) in [6.07, 6.45) is 3.12. The van der Waals surface area contributed by atoms with Crippen molar-refractivity contribution >= 4 is 22.5 Å². The van der Waals surface area contributed by atoms with Gasteiger partial charge in [-0.1, -0.05) is 48.9 Å². The van der Waals surface area contributed by atoms with Crippen LogP contribution in [0.3, 0.4) is 0 Å². The van der Waals surface area contributed by atoms with E-state index in [0.29, 0.717) is 0 Å². The number of benzene rings is 2. The van der Waals surface area contributed by atoms with Crippen LogP contribution in [0.2, 0.25) is 5.02 Å². The fraction of sp³-hybridized carbons (Fsp3) is 0.300. The van der Waals surface area contributed by atoms with Gasteiger partial charge in [-0.25, -0.2) is 0 Å². The Labute approximate surface area is 147 Å². The second-order valence-corrected chi connectivity index (χ2v) is 6.53. The Morgan fingerprint density at radius 2 is 1.88 bits per heavy atom. The Kier molecular flexibility index (Phi) is 5.56. The van der Waals surface area contributed by atoms with Gasteiger partial charge in [-0.15, -0.1) is 0 Å². The van der Waals surface area contributed by atoms with Gasteiger partial charge in [0.2, 0.25) is 0 Å². The number of hydrogen-bond donors (Lipinski definition) is 2. The molecular weight excluding hydrogens is 320 g/mol. The van der Waals surface area contributed by atoms with E-state index in [-0.39, 0.29) is 12.6 Å². The van der Waals surface area contributed by atoms with Crippen LogP contribution in [0.15, 0.2) is 54.7 Å². The topological polar surface area (TPSA) is 37.2 Å². The first kappa shape index (κ1) is 17.0. The molecule has 1 aromatic heterocycles. The van der Waals surface area contributed by atoms with E-state index in [2.05, 4.69) is 59.4 Å².